The summed E-state index contributed by atoms with van der Waals surface area (Å²) < 4.78 is 0. The van der Waals surface area contributed by atoms with E-state index in [9.17, 15) is 4.79 Å². The van der Waals surface area contributed by atoms with Gasteiger partial charge < -0.3 is 10.2 Å². The maximum atomic E-state index is 12.4. The lowest BCUT2D eigenvalue weighted by Gasteiger charge is -2.28. The Morgan fingerprint density at radius 2 is 1.70 bits per heavy atom. The SMILES string of the molecule is CN(C)c1ccc([C@@H](CNC(=O)Cc2ccc(Cl)cc2)N2CCCC2)cc1. The number of carbonyl (C=O) groups is 1. The van der Waals surface area contributed by atoms with Crippen molar-refractivity contribution in [3.05, 3.63) is 64.7 Å². The normalized spacial score (nSPS) is 15.5. The van der Waals surface area contributed by atoms with Crippen molar-refractivity contribution in [3.8, 4) is 0 Å². The third-order valence-electron chi connectivity index (χ3n) is 5.15. The van der Waals surface area contributed by atoms with Crippen LogP contribution >= 0.6 is 11.6 Å². The van der Waals surface area contributed by atoms with Crippen molar-refractivity contribution in [2.24, 2.45) is 0 Å². The van der Waals surface area contributed by atoms with Gasteiger partial charge in [0.15, 0.2) is 0 Å². The van der Waals surface area contributed by atoms with Crippen LogP contribution in [0.15, 0.2) is 48.5 Å². The van der Waals surface area contributed by atoms with E-state index in [-0.39, 0.29) is 11.9 Å². The first-order chi connectivity index (χ1) is 13.0. The van der Waals surface area contributed by atoms with E-state index in [1.54, 1.807) is 0 Å². The first-order valence-electron chi connectivity index (χ1n) is 9.55. The maximum Gasteiger partial charge on any atom is 0.224 e. The number of nitrogens with zero attached hydrogens (tertiary/aromatic N) is 2. The first-order valence-corrected chi connectivity index (χ1v) is 9.93. The average molecular weight is 386 g/mol. The van der Waals surface area contributed by atoms with E-state index in [1.165, 1.54) is 24.1 Å². The van der Waals surface area contributed by atoms with Gasteiger partial charge in [-0.15, -0.1) is 0 Å². The topological polar surface area (TPSA) is 35.6 Å². The van der Waals surface area contributed by atoms with Crippen LogP contribution in [0.2, 0.25) is 5.02 Å². The highest BCUT2D eigenvalue weighted by atomic mass is 35.5. The van der Waals surface area contributed by atoms with Crippen LogP contribution in [0.25, 0.3) is 0 Å². The average Bonchev–Trinajstić information content (AvgIpc) is 3.19. The van der Waals surface area contributed by atoms with Gasteiger partial charge in [0, 0.05) is 31.4 Å². The Kier molecular flexibility index (Phi) is 6.75. The number of likely N-dealkylation sites (tertiary alicyclic amines) is 1. The van der Waals surface area contributed by atoms with E-state index < -0.39 is 0 Å². The molecule has 0 aliphatic carbocycles. The van der Waals surface area contributed by atoms with Crippen molar-refractivity contribution in [3.63, 3.8) is 0 Å². The largest absolute Gasteiger partial charge is 0.378 e. The molecule has 2 aromatic carbocycles. The van der Waals surface area contributed by atoms with Crippen molar-refractivity contribution in [1.29, 1.82) is 0 Å². The molecular formula is C22H28ClN3O. The summed E-state index contributed by atoms with van der Waals surface area (Å²) in [6.07, 6.45) is 2.83. The van der Waals surface area contributed by atoms with Gasteiger partial charge in [-0.2, -0.15) is 0 Å². The smallest absolute Gasteiger partial charge is 0.224 e. The minimum Gasteiger partial charge on any atom is -0.378 e. The molecule has 4 nitrogen and oxygen atoms in total. The monoisotopic (exact) mass is 385 g/mol. The molecule has 1 atom stereocenters. The molecule has 0 radical (unpaired) electrons. The summed E-state index contributed by atoms with van der Waals surface area (Å²) in [4.78, 5) is 17.0. The molecule has 0 saturated carbocycles. The third kappa shape index (κ3) is 5.47. The van der Waals surface area contributed by atoms with Crippen molar-refractivity contribution in [2.45, 2.75) is 25.3 Å². The van der Waals surface area contributed by atoms with Gasteiger partial charge in [0.05, 0.1) is 12.5 Å². The maximum absolute atomic E-state index is 12.4. The number of nitrogens with one attached hydrogen (secondary N) is 1. The molecule has 0 unspecified atom stereocenters. The number of halogens is 1. The number of carbonyl (C=O) groups excluding carboxylic acids is 1. The first kappa shape index (κ1) is 19.7. The second-order valence-electron chi connectivity index (χ2n) is 7.35. The molecule has 1 heterocycles. The molecule has 3 rings (SSSR count). The number of rotatable bonds is 7. The van der Waals surface area contributed by atoms with Gasteiger partial charge in [0.2, 0.25) is 5.91 Å². The fourth-order valence-electron chi connectivity index (χ4n) is 3.57. The predicted octanol–water partition coefficient (Wildman–Crippen LogP) is 3.90. The van der Waals surface area contributed by atoms with Crippen molar-refractivity contribution in [1.82, 2.24) is 10.2 Å². The molecule has 1 aliphatic heterocycles. The summed E-state index contributed by atoms with van der Waals surface area (Å²) in [5.41, 5.74) is 3.42. The minimum absolute atomic E-state index is 0.0476. The molecule has 0 aromatic heterocycles. The Morgan fingerprint density at radius 1 is 1.07 bits per heavy atom. The van der Waals surface area contributed by atoms with Crippen LogP contribution in [0, 0.1) is 0 Å². The number of hydrogen-bond acceptors (Lipinski definition) is 3. The highest BCUT2D eigenvalue weighted by Gasteiger charge is 2.24. The number of amides is 1. The highest BCUT2D eigenvalue weighted by molar-refractivity contribution is 6.30. The number of hydrogen-bond donors (Lipinski definition) is 1. The van der Waals surface area contributed by atoms with Crippen LogP contribution in [0.4, 0.5) is 5.69 Å². The zero-order chi connectivity index (χ0) is 19.2. The zero-order valence-electron chi connectivity index (χ0n) is 16.1. The molecular weight excluding hydrogens is 358 g/mol. The quantitative estimate of drug-likeness (QED) is 0.785. The Hall–Kier alpha value is -2.04. The van der Waals surface area contributed by atoms with E-state index in [1.807, 2.05) is 38.4 Å². The van der Waals surface area contributed by atoms with Crippen LogP contribution < -0.4 is 10.2 Å². The Balaban J connectivity index is 1.64. The van der Waals surface area contributed by atoms with Crippen molar-refractivity contribution < 1.29 is 4.79 Å². The standard InChI is InChI=1S/C22H28ClN3O/c1-25(2)20-11-7-18(8-12-20)21(26-13-3-4-14-26)16-24-22(27)15-17-5-9-19(23)10-6-17/h5-12,21H,3-4,13-16H2,1-2H3,(H,24,27)/t21-/m1/s1. The summed E-state index contributed by atoms with van der Waals surface area (Å²) >= 11 is 5.91. The van der Waals surface area contributed by atoms with Gasteiger partial charge in [-0.05, 0) is 61.3 Å². The molecule has 0 bridgehead atoms. The molecule has 1 saturated heterocycles. The van der Waals surface area contributed by atoms with Gasteiger partial charge in [-0.1, -0.05) is 35.9 Å². The lowest BCUT2D eigenvalue weighted by atomic mass is 10.0. The minimum atomic E-state index is 0.0476. The molecule has 5 heteroatoms. The second-order valence-corrected chi connectivity index (χ2v) is 7.79. The third-order valence-corrected chi connectivity index (χ3v) is 5.40. The summed E-state index contributed by atoms with van der Waals surface area (Å²) in [5.74, 6) is 0.0476. The molecule has 1 amide bonds. The molecule has 1 aliphatic rings. The van der Waals surface area contributed by atoms with Crippen LogP contribution in [0.5, 0.6) is 0 Å². The van der Waals surface area contributed by atoms with E-state index in [0.717, 1.165) is 18.7 Å². The second kappa shape index (κ2) is 9.25. The Labute approximate surface area is 167 Å². The van der Waals surface area contributed by atoms with Crippen LogP contribution in [-0.4, -0.2) is 44.5 Å². The number of benzene rings is 2. The summed E-state index contributed by atoms with van der Waals surface area (Å²) in [5, 5.41) is 3.82. The van der Waals surface area contributed by atoms with Gasteiger partial charge in [0.25, 0.3) is 0 Å². The Morgan fingerprint density at radius 3 is 2.30 bits per heavy atom. The van der Waals surface area contributed by atoms with Gasteiger partial charge in [-0.3, -0.25) is 9.69 Å². The molecule has 0 spiro atoms. The van der Waals surface area contributed by atoms with Gasteiger partial charge in [0.1, 0.15) is 0 Å². The number of anilines is 1. The van der Waals surface area contributed by atoms with Crippen molar-refractivity contribution >= 4 is 23.2 Å². The van der Waals surface area contributed by atoms with Crippen LogP contribution in [-0.2, 0) is 11.2 Å². The van der Waals surface area contributed by atoms with Crippen LogP contribution in [0.3, 0.4) is 0 Å². The van der Waals surface area contributed by atoms with E-state index in [2.05, 4.69) is 39.4 Å². The molecule has 2 aromatic rings. The van der Waals surface area contributed by atoms with E-state index >= 15 is 0 Å². The summed E-state index contributed by atoms with van der Waals surface area (Å²) in [6, 6.07) is 16.3. The fourth-order valence-corrected chi connectivity index (χ4v) is 3.69. The fraction of sp³-hybridized carbons (Fsp3) is 0.409. The van der Waals surface area contributed by atoms with Crippen molar-refractivity contribution in [2.75, 3.05) is 38.6 Å². The van der Waals surface area contributed by atoms with E-state index in [0.29, 0.717) is 18.0 Å². The molecule has 27 heavy (non-hydrogen) atoms. The lowest BCUT2D eigenvalue weighted by Crippen LogP contribution is -2.37. The lowest BCUT2D eigenvalue weighted by molar-refractivity contribution is -0.120. The predicted molar refractivity (Wildman–Crippen MR) is 112 cm³/mol. The van der Waals surface area contributed by atoms with Crippen LogP contribution in [0.1, 0.15) is 30.0 Å². The molecule has 1 fully saturated rings. The van der Waals surface area contributed by atoms with E-state index in [4.69, 9.17) is 11.6 Å². The summed E-state index contributed by atoms with van der Waals surface area (Å²) in [7, 11) is 4.09. The highest BCUT2D eigenvalue weighted by Crippen LogP contribution is 2.26. The zero-order valence-corrected chi connectivity index (χ0v) is 16.9. The van der Waals surface area contributed by atoms with Gasteiger partial charge >= 0.3 is 0 Å². The summed E-state index contributed by atoms with van der Waals surface area (Å²) in [6.45, 7) is 2.81. The molecule has 144 valence electrons. The molecule has 1 N–H and O–H groups in total. The Bertz CT molecular complexity index is 737. The van der Waals surface area contributed by atoms with Gasteiger partial charge in [-0.25, -0.2) is 0 Å².